The summed E-state index contributed by atoms with van der Waals surface area (Å²) in [5.74, 6) is 0. The lowest BCUT2D eigenvalue weighted by Gasteiger charge is -2.26. The molecule has 0 amide bonds. The zero-order valence-electron chi connectivity index (χ0n) is 12.1. The second kappa shape index (κ2) is 4.61. The third-order valence-electron chi connectivity index (χ3n) is 4.48. The van der Waals surface area contributed by atoms with Crippen LogP contribution in [-0.2, 0) is 13.0 Å². The third kappa shape index (κ3) is 1.73. The van der Waals surface area contributed by atoms with Crippen LogP contribution in [0.5, 0.6) is 0 Å². The van der Waals surface area contributed by atoms with Gasteiger partial charge >= 0.3 is 0 Å². The van der Waals surface area contributed by atoms with Gasteiger partial charge in [0.1, 0.15) is 0 Å². The molecule has 0 saturated heterocycles. The van der Waals surface area contributed by atoms with Gasteiger partial charge in [-0.3, -0.25) is 4.90 Å². The van der Waals surface area contributed by atoms with E-state index < -0.39 is 0 Å². The van der Waals surface area contributed by atoms with Crippen LogP contribution in [0.2, 0.25) is 0 Å². The lowest BCUT2D eigenvalue weighted by atomic mass is 10.0. The molecule has 3 heteroatoms. The Hall–Kier alpha value is -1.32. The Labute approximate surface area is 123 Å². The van der Waals surface area contributed by atoms with Crippen LogP contribution in [0.25, 0.3) is 21.0 Å². The summed E-state index contributed by atoms with van der Waals surface area (Å²) in [6.07, 6.45) is 2.40. The third-order valence-corrected chi connectivity index (χ3v) is 5.54. The second-order valence-electron chi connectivity index (χ2n) is 5.89. The highest BCUT2D eigenvalue weighted by Crippen LogP contribution is 2.37. The summed E-state index contributed by atoms with van der Waals surface area (Å²) in [6.45, 7) is 8.03. The van der Waals surface area contributed by atoms with Gasteiger partial charge in [-0.2, -0.15) is 0 Å². The van der Waals surface area contributed by atoms with Crippen molar-refractivity contribution in [1.29, 1.82) is 0 Å². The van der Waals surface area contributed by atoms with E-state index in [0.29, 0.717) is 0 Å². The molecule has 3 aromatic rings. The fourth-order valence-corrected chi connectivity index (χ4v) is 4.51. The Morgan fingerprint density at radius 2 is 2.20 bits per heavy atom. The average Bonchev–Trinajstić information content (AvgIpc) is 2.99. The second-order valence-corrected chi connectivity index (χ2v) is 6.80. The number of nitrogens with zero attached hydrogens (tertiary/aromatic N) is 1. The van der Waals surface area contributed by atoms with Crippen LogP contribution >= 0.6 is 11.3 Å². The van der Waals surface area contributed by atoms with Crippen LogP contribution in [0.1, 0.15) is 30.2 Å². The Kier molecular flexibility index (Phi) is 2.86. The summed E-state index contributed by atoms with van der Waals surface area (Å²) in [6, 6.07) is 4.52. The van der Waals surface area contributed by atoms with Crippen LogP contribution < -0.4 is 0 Å². The van der Waals surface area contributed by atoms with E-state index in [1.165, 1.54) is 51.8 Å². The summed E-state index contributed by atoms with van der Waals surface area (Å²) in [4.78, 5) is 6.26. The smallest absolute Gasteiger partial charge is 0.0466 e. The van der Waals surface area contributed by atoms with Crippen LogP contribution in [0.15, 0.2) is 17.5 Å². The minimum Gasteiger partial charge on any atom is -0.358 e. The number of aromatic amines is 1. The number of H-pyrrole nitrogens is 1. The van der Waals surface area contributed by atoms with Crippen molar-refractivity contribution < 1.29 is 0 Å². The topological polar surface area (TPSA) is 19.0 Å². The van der Waals surface area contributed by atoms with Crippen LogP contribution in [0.3, 0.4) is 0 Å². The summed E-state index contributed by atoms with van der Waals surface area (Å²) in [5.41, 5.74) is 5.75. The number of fused-ring (bicyclic) bond motifs is 5. The molecule has 1 N–H and O–H groups in total. The molecule has 1 aliphatic rings. The minimum atomic E-state index is 1.11. The van der Waals surface area contributed by atoms with Crippen LogP contribution in [0, 0.1) is 6.92 Å². The minimum absolute atomic E-state index is 1.11. The van der Waals surface area contributed by atoms with E-state index in [1.54, 1.807) is 5.56 Å². The van der Waals surface area contributed by atoms with Gasteiger partial charge in [0, 0.05) is 46.2 Å². The summed E-state index contributed by atoms with van der Waals surface area (Å²) in [7, 11) is 0. The molecular formula is C17H20N2S. The van der Waals surface area contributed by atoms with Gasteiger partial charge in [0.05, 0.1) is 0 Å². The molecular weight excluding hydrogens is 264 g/mol. The van der Waals surface area contributed by atoms with Gasteiger partial charge in [-0.1, -0.05) is 6.92 Å². The van der Waals surface area contributed by atoms with E-state index in [-0.39, 0.29) is 0 Å². The molecule has 1 aromatic carbocycles. The van der Waals surface area contributed by atoms with Crippen molar-refractivity contribution in [2.45, 2.75) is 33.2 Å². The van der Waals surface area contributed by atoms with Gasteiger partial charge in [0.15, 0.2) is 0 Å². The summed E-state index contributed by atoms with van der Waals surface area (Å²) in [5, 5.41) is 5.25. The van der Waals surface area contributed by atoms with Crippen molar-refractivity contribution in [3.63, 3.8) is 0 Å². The van der Waals surface area contributed by atoms with E-state index in [0.717, 1.165) is 13.0 Å². The van der Waals surface area contributed by atoms with E-state index in [2.05, 4.69) is 41.2 Å². The molecule has 0 bridgehead atoms. The first-order valence-corrected chi connectivity index (χ1v) is 8.38. The maximum atomic E-state index is 3.67. The number of aryl methyl sites for hydroxylation is 1. The molecule has 0 fully saturated rings. The molecule has 0 radical (unpaired) electrons. The van der Waals surface area contributed by atoms with Crippen LogP contribution in [-0.4, -0.2) is 23.0 Å². The van der Waals surface area contributed by atoms with Crippen molar-refractivity contribution >= 4 is 32.3 Å². The fraction of sp³-hybridized carbons (Fsp3) is 0.412. The normalized spacial score (nSPS) is 16.1. The zero-order valence-corrected chi connectivity index (χ0v) is 12.9. The maximum absolute atomic E-state index is 3.67. The molecule has 4 rings (SSSR count). The highest BCUT2D eigenvalue weighted by Gasteiger charge is 2.22. The maximum Gasteiger partial charge on any atom is 0.0466 e. The number of aromatic nitrogens is 1. The molecule has 0 aliphatic carbocycles. The van der Waals surface area contributed by atoms with E-state index in [9.17, 15) is 0 Å². The molecule has 20 heavy (non-hydrogen) atoms. The highest BCUT2D eigenvalue weighted by molar-refractivity contribution is 7.17. The fourth-order valence-electron chi connectivity index (χ4n) is 3.56. The first-order valence-electron chi connectivity index (χ1n) is 7.50. The Bertz CT molecular complexity index is 781. The SMILES string of the molecule is CCCN1CCc2[nH]c3ccc4scc(C)c4c3c2C1. The predicted octanol–water partition coefficient (Wildman–Crippen LogP) is 4.46. The van der Waals surface area contributed by atoms with Gasteiger partial charge in [-0.05, 0) is 48.5 Å². The summed E-state index contributed by atoms with van der Waals surface area (Å²) < 4.78 is 1.42. The van der Waals surface area contributed by atoms with E-state index in [4.69, 9.17) is 0 Å². The van der Waals surface area contributed by atoms with E-state index in [1.807, 2.05) is 11.3 Å². The summed E-state index contributed by atoms with van der Waals surface area (Å²) >= 11 is 1.87. The first-order chi connectivity index (χ1) is 9.78. The average molecular weight is 284 g/mol. The lowest BCUT2D eigenvalue weighted by molar-refractivity contribution is 0.255. The predicted molar refractivity (Wildman–Crippen MR) is 87.7 cm³/mol. The van der Waals surface area contributed by atoms with Gasteiger partial charge in [0.25, 0.3) is 0 Å². The van der Waals surface area contributed by atoms with Gasteiger partial charge in [0.2, 0.25) is 0 Å². The Morgan fingerprint density at radius 3 is 3.05 bits per heavy atom. The number of benzene rings is 1. The number of hydrogen-bond donors (Lipinski definition) is 1. The number of hydrogen-bond acceptors (Lipinski definition) is 2. The molecule has 3 heterocycles. The molecule has 0 saturated carbocycles. The lowest BCUT2D eigenvalue weighted by Crippen LogP contribution is -2.30. The van der Waals surface area contributed by atoms with Crippen molar-refractivity contribution in [3.8, 4) is 0 Å². The Balaban J connectivity index is 1.97. The molecule has 1 aliphatic heterocycles. The van der Waals surface area contributed by atoms with Gasteiger partial charge < -0.3 is 4.98 Å². The van der Waals surface area contributed by atoms with Crippen molar-refractivity contribution in [2.75, 3.05) is 13.1 Å². The number of nitrogens with one attached hydrogen (secondary N) is 1. The quantitative estimate of drug-likeness (QED) is 0.736. The molecule has 0 atom stereocenters. The zero-order chi connectivity index (χ0) is 13.7. The molecule has 2 nitrogen and oxygen atoms in total. The Morgan fingerprint density at radius 1 is 1.30 bits per heavy atom. The van der Waals surface area contributed by atoms with Crippen molar-refractivity contribution in [1.82, 2.24) is 9.88 Å². The highest BCUT2D eigenvalue weighted by atomic mass is 32.1. The van der Waals surface area contributed by atoms with E-state index >= 15 is 0 Å². The standard InChI is InChI=1S/C17H20N2S/c1-3-7-19-8-6-13-12(9-19)17-14(18-13)4-5-15-16(17)11(2)10-20-15/h4-5,10,18H,3,6-9H2,1-2H3. The molecule has 0 spiro atoms. The monoisotopic (exact) mass is 284 g/mol. The largest absolute Gasteiger partial charge is 0.358 e. The molecule has 2 aromatic heterocycles. The van der Waals surface area contributed by atoms with Crippen molar-refractivity contribution in [3.05, 3.63) is 34.3 Å². The molecule has 104 valence electrons. The first kappa shape index (κ1) is 12.4. The van der Waals surface area contributed by atoms with Crippen molar-refractivity contribution in [2.24, 2.45) is 0 Å². The molecule has 0 unspecified atom stereocenters. The van der Waals surface area contributed by atoms with Crippen LogP contribution in [0.4, 0.5) is 0 Å². The number of thiophene rings is 1. The van der Waals surface area contributed by atoms with Gasteiger partial charge in [-0.15, -0.1) is 11.3 Å². The number of rotatable bonds is 2. The van der Waals surface area contributed by atoms with Gasteiger partial charge in [-0.25, -0.2) is 0 Å².